The number of benzene rings is 1. The molecule has 2 aliphatic rings. The lowest BCUT2D eigenvalue weighted by atomic mass is 9.68. The number of aromatic carboxylic acids is 1. The van der Waals surface area contributed by atoms with Crippen LogP contribution in [0.2, 0.25) is 0 Å². The fourth-order valence-corrected chi connectivity index (χ4v) is 4.73. The van der Waals surface area contributed by atoms with E-state index in [0.29, 0.717) is 17.0 Å². The highest BCUT2D eigenvalue weighted by molar-refractivity contribution is 5.89. The summed E-state index contributed by atoms with van der Waals surface area (Å²) in [5.74, 6) is -0.0839. The van der Waals surface area contributed by atoms with Gasteiger partial charge >= 0.3 is 5.97 Å². The highest BCUT2D eigenvalue weighted by Crippen LogP contribution is 2.63. The number of anilines is 1. The van der Waals surface area contributed by atoms with Gasteiger partial charge in [-0.3, -0.25) is 0 Å². The molecule has 0 aliphatic heterocycles. The van der Waals surface area contributed by atoms with Crippen LogP contribution < -0.4 is 5.32 Å². The molecule has 2 bridgehead atoms. The number of rotatable bonds is 3. The Kier molecular flexibility index (Phi) is 3.09. The molecule has 0 amide bonds. The number of hydrogen-bond donors (Lipinski definition) is 2. The minimum absolute atomic E-state index is 0.263. The average Bonchev–Trinajstić information content (AvgIpc) is 2.87. The highest BCUT2D eigenvalue weighted by atomic mass is 16.4. The second-order valence-electron chi connectivity index (χ2n) is 7.83. The van der Waals surface area contributed by atoms with Gasteiger partial charge in [-0.1, -0.05) is 26.8 Å². The SMILES string of the molecule is Cc1ccc(C(=O)O)cc1NC1C(C)(C)[C@H]2CC[C@]1(C)C2. The zero-order valence-electron chi connectivity index (χ0n) is 13.4. The first-order valence-electron chi connectivity index (χ1n) is 7.84. The number of aryl methyl sites for hydroxylation is 1. The molecule has 2 aliphatic carbocycles. The van der Waals surface area contributed by atoms with E-state index in [1.807, 2.05) is 13.0 Å². The minimum atomic E-state index is -0.864. The van der Waals surface area contributed by atoms with Gasteiger partial charge in [-0.05, 0) is 60.6 Å². The first kappa shape index (κ1) is 14.4. The Hall–Kier alpha value is -1.51. The Balaban J connectivity index is 1.93. The Labute approximate surface area is 126 Å². The maximum Gasteiger partial charge on any atom is 0.335 e. The molecule has 2 N–H and O–H groups in total. The first-order chi connectivity index (χ1) is 9.74. The van der Waals surface area contributed by atoms with Crippen molar-refractivity contribution in [3.63, 3.8) is 0 Å². The number of nitrogens with one attached hydrogen (secondary N) is 1. The van der Waals surface area contributed by atoms with Crippen molar-refractivity contribution in [3.8, 4) is 0 Å². The summed E-state index contributed by atoms with van der Waals surface area (Å²) >= 11 is 0. The van der Waals surface area contributed by atoms with Crippen LogP contribution in [-0.2, 0) is 0 Å². The molecule has 0 saturated heterocycles. The van der Waals surface area contributed by atoms with Crippen LogP contribution in [0.4, 0.5) is 5.69 Å². The lowest BCUT2D eigenvalue weighted by molar-refractivity contribution is 0.0697. The summed E-state index contributed by atoms with van der Waals surface area (Å²) in [6.07, 6.45) is 3.89. The van der Waals surface area contributed by atoms with Gasteiger partial charge in [-0.2, -0.15) is 0 Å². The van der Waals surface area contributed by atoms with Gasteiger partial charge in [-0.25, -0.2) is 4.79 Å². The van der Waals surface area contributed by atoms with Crippen LogP contribution in [0.25, 0.3) is 0 Å². The lowest BCUT2D eigenvalue weighted by Crippen LogP contribution is -2.45. The van der Waals surface area contributed by atoms with Gasteiger partial charge in [0, 0.05) is 11.7 Å². The maximum absolute atomic E-state index is 11.2. The number of hydrogen-bond acceptors (Lipinski definition) is 2. The molecular weight excluding hydrogens is 262 g/mol. The zero-order chi connectivity index (χ0) is 15.4. The molecule has 3 heteroatoms. The summed E-state index contributed by atoms with van der Waals surface area (Å²) < 4.78 is 0. The van der Waals surface area contributed by atoms with E-state index in [1.54, 1.807) is 12.1 Å². The molecule has 3 rings (SSSR count). The molecule has 0 spiro atoms. The number of fused-ring (bicyclic) bond motifs is 2. The molecular formula is C18H25NO2. The van der Waals surface area contributed by atoms with Crippen molar-refractivity contribution in [2.75, 3.05) is 5.32 Å². The molecule has 21 heavy (non-hydrogen) atoms. The standard InChI is InChI=1S/C18H25NO2/c1-11-5-6-12(15(20)21)9-14(11)19-16-17(2,3)13-7-8-18(16,4)10-13/h5-6,9,13,16,19H,7-8,10H2,1-4H3,(H,20,21)/t13-,16?,18+/m0/s1. The van der Waals surface area contributed by atoms with E-state index in [2.05, 4.69) is 26.1 Å². The highest BCUT2D eigenvalue weighted by Gasteiger charge is 2.59. The Morgan fingerprint density at radius 2 is 2.05 bits per heavy atom. The van der Waals surface area contributed by atoms with Crippen molar-refractivity contribution >= 4 is 11.7 Å². The molecule has 0 heterocycles. The first-order valence-corrected chi connectivity index (χ1v) is 7.84. The fourth-order valence-electron chi connectivity index (χ4n) is 4.73. The third kappa shape index (κ3) is 2.14. The van der Waals surface area contributed by atoms with E-state index in [9.17, 15) is 9.90 Å². The summed E-state index contributed by atoms with van der Waals surface area (Å²) in [6, 6.07) is 5.76. The third-order valence-electron chi connectivity index (χ3n) is 6.05. The molecule has 114 valence electrons. The molecule has 1 aromatic rings. The smallest absolute Gasteiger partial charge is 0.335 e. The van der Waals surface area contributed by atoms with E-state index in [0.717, 1.165) is 17.2 Å². The number of carbonyl (C=O) groups is 1. The lowest BCUT2D eigenvalue weighted by Gasteiger charge is -2.44. The van der Waals surface area contributed by atoms with Crippen LogP contribution in [-0.4, -0.2) is 17.1 Å². The predicted octanol–water partition coefficient (Wildman–Crippen LogP) is 4.32. The maximum atomic E-state index is 11.2. The second-order valence-corrected chi connectivity index (χ2v) is 7.83. The predicted molar refractivity (Wildman–Crippen MR) is 84.8 cm³/mol. The van der Waals surface area contributed by atoms with E-state index in [-0.39, 0.29) is 5.41 Å². The summed E-state index contributed by atoms with van der Waals surface area (Å²) in [6.45, 7) is 9.14. The van der Waals surface area contributed by atoms with Gasteiger partial charge in [0.2, 0.25) is 0 Å². The van der Waals surface area contributed by atoms with Gasteiger partial charge in [0.15, 0.2) is 0 Å². The van der Waals surface area contributed by atoms with Crippen LogP contribution in [0.3, 0.4) is 0 Å². The van der Waals surface area contributed by atoms with Gasteiger partial charge in [0.25, 0.3) is 0 Å². The van der Waals surface area contributed by atoms with Gasteiger partial charge in [-0.15, -0.1) is 0 Å². The molecule has 3 atom stereocenters. The zero-order valence-corrected chi connectivity index (χ0v) is 13.4. The average molecular weight is 287 g/mol. The molecule has 3 nitrogen and oxygen atoms in total. The molecule has 1 unspecified atom stereocenters. The van der Waals surface area contributed by atoms with Gasteiger partial charge < -0.3 is 10.4 Å². The van der Waals surface area contributed by atoms with Crippen molar-refractivity contribution in [3.05, 3.63) is 29.3 Å². The van der Waals surface area contributed by atoms with Crippen molar-refractivity contribution in [1.82, 2.24) is 0 Å². The largest absolute Gasteiger partial charge is 0.478 e. The number of carboxylic acid groups (broad SMARTS) is 1. The van der Waals surface area contributed by atoms with E-state index < -0.39 is 5.97 Å². The Morgan fingerprint density at radius 1 is 1.33 bits per heavy atom. The monoisotopic (exact) mass is 287 g/mol. The molecule has 0 aromatic heterocycles. The topological polar surface area (TPSA) is 49.3 Å². The molecule has 1 aromatic carbocycles. The van der Waals surface area contributed by atoms with Crippen LogP contribution in [0.5, 0.6) is 0 Å². The van der Waals surface area contributed by atoms with E-state index in [1.165, 1.54) is 19.3 Å². The Morgan fingerprint density at radius 3 is 2.62 bits per heavy atom. The van der Waals surface area contributed by atoms with E-state index in [4.69, 9.17) is 0 Å². The van der Waals surface area contributed by atoms with Crippen LogP contribution in [0.1, 0.15) is 56.0 Å². The molecule has 2 fully saturated rings. The normalized spacial score (nSPS) is 33.1. The summed E-state index contributed by atoms with van der Waals surface area (Å²) in [4.78, 5) is 11.2. The molecule has 2 saturated carbocycles. The summed E-state index contributed by atoms with van der Waals surface area (Å²) in [5.41, 5.74) is 3.04. The second kappa shape index (κ2) is 4.49. The van der Waals surface area contributed by atoms with Crippen molar-refractivity contribution in [2.45, 2.75) is 53.0 Å². The van der Waals surface area contributed by atoms with Crippen molar-refractivity contribution < 1.29 is 9.90 Å². The fraction of sp³-hybridized carbons (Fsp3) is 0.611. The Bertz CT molecular complexity index is 588. The van der Waals surface area contributed by atoms with E-state index >= 15 is 0 Å². The molecule has 0 radical (unpaired) electrons. The van der Waals surface area contributed by atoms with Crippen LogP contribution in [0, 0.1) is 23.7 Å². The van der Waals surface area contributed by atoms with Crippen molar-refractivity contribution in [2.24, 2.45) is 16.7 Å². The third-order valence-corrected chi connectivity index (χ3v) is 6.05. The van der Waals surface area contributed by atoms with Crippen LogP contribution >= 0.6 is 0 Å². The summed E-state index contributed by atoms with van der Waals surface area (Å²) in [5, 5.41) is 12.9. The van der Waals surface area contributed by atoms with Crippen LogP contribution in [0.15, 0.2) is 18.2 Å². The number of carboxylic acids is 1. The quantitative estimate of drug-likeness (QED) is 0.870. The van der Waals surface area contributed by atoms with Gasteiger partial charge in [0.05, 0.1) is 5.56 Å². The minimum Gasteiger partial charge on any atom is -0.478 e. The van der Waals surface area contributed by atoms with Gasteiger partial charge in [0.1, 0.15) is 0 Å². The van der Waals surface area contributed by atoms with Crippen molar-refractivity contribution in [1.29, 1.82) is 0 Å². The summed E-state index contributed by atoms with van der Waals surface area (Å²) in [7, 11) is 0.